The van der Waals surface area contributed by atoms with Crippen LogP contribution in [0.4, 0.5) is 0 Å². The van der Waals surface area contributed by atoms with Crippen LogP contribution in [0.15, 0.2) is 22.6 Å². The van der Waals surface area contributed by atoms with E-state index in [1.165, 1.54) is 18.4 Å². The Bertz CT molecular complexity index is 562. The second kappa shape index (κ2) is 4.97. The van der Waals surface area contributed by atoms with Gasteiger partial charge in [-0.3, -0.25) is 0 Å². The zero-order chi connectivity index (χ0) is 13.3. The van der Waals surface area contributed by atoms with Gasteiger partial charge >= 0.3 is 0 Å². The lowest BCUT2D eigenvalue weighted by Gasteiger charge is -2.34. The topological polar surface area (TPSA) is 38.1 Å². The molecule has 3 heteroatoms. The first-order valence-electron chi connectivity index (χ1n) is 7.32. The molecule has 102 valence electrons. The Kier molecular flexibility index (Phi) is 3.31. The van der Waals surface area contributed by atoms with Crippen molar-refractivity contribution in [3.05, 3.63) is 29.7 Å². The maximum atomic E-state index is 6.08. The predicted molar refractivity (Wildman–Crippen MR) is 77.4 cm³/mol. The number of hydrogen-bond donors (Lipinski definition) is 1. The van der Waals surface area contributed by atoms with Crippen molar-refractivity contribution in [1.29, 1.82) is 0 Å². The Hall–Kier alpha value is -1.35. The number of benzene rings is 1. The summed E-state index contributed by atoms with van der Waals surface area (Å²) >= 11 is 0. The minimum absolute atomic E-state index is 0.146. The lowest BCUT2D eigenvalue weighted by atomic mass is 9.75. The van der Waals surface area contributed by atoms with E-state index in [2.05, 4.69) is 31.3 Å². The van der Waals surface area contributed by atoms with Crippen LogP contribution in [-0.2, 0) is 5.41 Å². The van der Waals surface area contributed by atoms with E-state index in [-0.39, 0.29) is 5.41 Å². The van der Waals surface area contributed by atoms with E-state index in [0.29, 0.717) is 0 Å². The minimum Gasteiger partial charge on any atom is -0.440 e. The molecular formula is C16H22N2O. The number of fused-ring (bicyclic) bond motifs is 1. The SMILES string of the molecule is CCCC1(c2nc3cc(C)ccc3o2)CCNCC1. The summed E-state index contributed by atoms with van der Waals surface area (Å²) in [7, 11) is 0. The number of rotatable bonds is 3. The van der Waals surface area contributed by atoms with Gasteiger partial charge < -0.3 is 9.73 Å². The molecular weight excluding hydrogens is 236 g/mol. The fraction of sp³-hybridized carbons (Fsp3) is 0.562. The first-order valence-corrected chi connectivity index (χ1v) is 7.32. The van der Waals surface area contributed by atoms with E-state index in [1.807, 2.05) is 6.07 Å². The number of hydrogen-bond acceptors (Lipinski definition) is 3. The van der Waals surface area contributed by atoms with Gasteiger partial charge in [-0.25, -0.2) is 4.98 Å². The van der Waals surface area contributed by atoms with Crippen LogP contribution < -0.4 is 5.32 Å². The van der Waals surface area contributed by atoms with Gasteiger partial charge in [-0.2, -0.15) is 0 Å². The van der Waals surface area contributed by atoms with Crippen molar-refractivity contribution >= 4 is 11.1 Å². The molecule has 3 rings (SSSR count). The first-order chi connectivity index (χ1) is 9.23. The number of aromatic nitrogens is 1. The maximum Gasteiger partial charge on any atom is 0.201 e. The third-order valence-corrected chi connectivity index (χ3v) is 4.29. The van der Waals surface area contributed by atoms with Crippen LogP contribution in [-0.4, -0.2) is 18.1 Å². The molecule has 3 nitrogen and oxygen atoms in total. The molecule has 1 aromatic heterocycles. The van der Waals surface area contributed by atoms with Crippen molar-refractivity contribution in [1.82, 2.24) is 10.3 Å². The van der Waals surface area contributed by atoms with E-state index in [1.54, 1.807) is 0 Å². The number of aryl methyl sites for hydroxylation is 1. The van der Waals surface area contributed by atoms with E-state index in [4.69, 9.17) is 9.40 Å². The summed E-state index contributed by atoms with van der Waals surface area (Å²) in [6.45, 7) is 6.48. The Labute approximate surface area is 114 Å². The number of oxazole rings is 1. The quantitative estimate of drug-likeness (QED) is 0.914. The lowest BCUT2D eigenvalue weighted by molar-refractivity contribution is 0.234. The highest BCUT2D eigenvalue weighted by Gasteiger charge is 2.37. The smallest absolute Gasteiger partial charge is 0.201 e. The molecule has 1 N–H and O–H groups in total. The molecule has 0 spiro atoms. The van der Waals surface area contributed by atoms with Crippen LogP contribution in [0.3, 0.4) is 0 Å². The van der Waals surface area contributed by atoms with Crippen LogP contribution in [0.1, 0.15) is 44.1 Å². The van der Waals surface area contributed by atoms with Crippen molar-refractivity contribution in [2.75, 3.05) is 13.1 Å². The Balaban J connectivity index is 2.04. The molecule has 1 aliphatic heterocycles. The molecule has 2 heterocycles. The average molecular weight is 258 g/mol. The molecule has 0 amide bonds. The van der Waals surface area contributed by atoms with Crippen LogP contribution >= 0.6 is 0 Å². The summed E-state index contributed by atoms with van der Waals surface area (Å²) in [6.07, 6.45) is 4.61. The summed E-state index contributed by atoms with van der Waals surface area (Å²) in [6, 6.07) is 6.25. The van der Waals surface area contributed by atoms with Gasteiger partial charge in [0.1, 0.15) is 5.52 Å². The highest BCUT2D eigenvalue weighted by atomic mass is 16.3. The van der Waals surface area contributed by atoms with E-state index in [0.717, 1.165) is 42.9 Å². The zero-order valence-corrected chi connectivity index (χ0v) is 11.8. The second-order valence-corrected chi connectivity index (χ2v) is 5.77. The molecule has 1 aliphatic rings. The van der Waals surface area contributed by atoms with Gasteiger partial charge in [0.05, 0.1) is 0 Å². The van der Waals surface area contributed by atoms with Crippen LogP contribution in [0.5, 0.6) is 0 Å². The molecule has 0 aliphatic carbocycles. The largest absolute Gasteiger partial charge is 0.440 e. The third kappa shape index (κ3) is 2.27. The highest BCUT2D eigenvalue weighted by molar-refractivity contribution is 5.73. The van der Waals surface area contributed by atoms with Crippen LogP contribution in [0.25, 0.3) is 11.1 Å². The number of piperidine rings is 1. The minimum atomic E-state index is 0.146. The van der Waals surface area contributed by atoms with Crippen LogP contribution in [0.2, 0.25) is 0 Å². The highest BCUT2D eigenvalue weighted by Crippen LogP contribution is 2.38. The molecule has 19 heavy (non-hydrogen) atoms. The Morgan fingerprint density at radius 3 is 2.84 bits per heavy atom. The molecule has 0 atom stereocenters. The first kappa shape index (κ1) is 12.7. The fourth-order valence-corrected chi connectivity index (χ4v) is 3.22. The van der Waals surface area contributed by atoms with Crippen molar-refractivity contribution in [3.8, 4) is 0 Å². The third-order valence-electron chi connectivity index (χ3n) is 4.29. The fourth-order valence-electron chi connectivity index (χ4n) is 3.22. The van der Waals surface area contributed by atoms with Crippen molar-refractivity contribution < 1.29 is 4.42 Å². The van der Waals surface area contributed by atoms with Gasteiger partial charge in [0.15, 0.2) is 5.58 Å². The molecule has 0 unspecified atom stereocenters. The van der Waals surface area contributed by atoms with Gasteiger partial charge in [-0.1, -0.05) is 19.4 Å². The summed E-state index contributed by atoms with van der Waals surface area (Å²) < 4.78 is 6.08. The maximum absolute atomic E-state index is 6.08. The molecule has 1 aromatic carbocycles. The Morgan fingerprint density at radius 1 is 1.32 bits per heavy atom. The molecule has 0 bridgehead atoms. The summed E-state index contributed by atoms with van der Waals surface area (Å²) in [5, 5.41) is 3.44. The van der Waals surface area contributed by atoms with Gasteiger partial charge in [0, 0.05) is 5.41 Å². The number of nitrogens with zero attached hydrogens (tertiary/aromatic N) is 1. The van der Waals surface area contributed by atoms with Gasteiger partial charge in [-0.15, -0.1) is 0 Å². The number of nitrogens with one attached hydrogen (secondary N) is 1. The molecule has 1 fully saturated rings. The standard InChI is InChI=1S/C16H22N2O/c1-3-6-16(7-9-17-10-8-16)15-18-13-11-12(2)4-5-14(13)19-15/h4-5,11,17H,3,6-10H2,1-2H3. The summed E-state index contributed by atoms with van der Waals surface area (Å²) in [5.41, 5.74) is 3.31. The van der Waals surface area contributed by atoms with Crippen molar-refractivity contribution in [2.45, 2.75) is 44.9 Å². The molecule has 1 saturated heterocycles. The normalized spacial score (nSPS) is 18.8. The van der Waals surface area contributed by atoms with Crippen molar-refractivity contribution in [3.63, 3.8) is 0 Å². The van der Waals surface area contributed by atoms with Gasteiger partial charge in [0.25, 0.3) is 0 Å². The van der Waals surface area contributed by atoms with Crippen LogP contribution in [0, 0.1) is 6.92 Å². The Morgan fingerprint density at radius 2 is 2.11 bits per heavy atom. The average Bonchev–Trinajstić information content (AvgIpc) is 2.83. The monoisotopic (exact) mass is 258 g/mol. The summed E-state index contributed by atoms with van der Waals surface area (Å²) in [5.74, 6) is 0.955. The van der Waals surface area contributed by atoms with E-state index >= 15 is 0 Å². The molecule has 0 saturated carbocycles. The second-order valence-electron chi connectivity index (χ2n) is 5.77. The predicted octanol–water partition coefficient (Wildman–Crippen LogP) is 3.56. The van der Waals surface area contributed by atoms with Crippen molar-refractivity contribution in [2.24, 2.45) is 0 Å². The zero-order valence-electron chi connectivity index (χ0n) is 11.8. The lowest BCUT2D eigenvalue weighted by Crippen LogP contribution is -2.40. The summed E-state index contributed by atoms with van der Waals surface area (Å²) in [4.78, 5) is 4.79. The van der Waals surface area contributed by atoms with Gasteiger partial charge in [0.2, 0.25) is 5.89 Å². The van der Waals surface area contributed by atoms with Gasteiger partial charge in [-0.05, 0) is 57.0 Å². The molecule has 0 radical (unpaired) electrons. The van der Waals surface area contributed by atoms with E-state index < -0.39 is 0 Å². The molecule has 2 aromatic rings. The van der Waals surface area contributed by atoms with E-state index in [9.17, 15) is 0 Å².